The van der Waals surface area contributed by atoms with Gasteiger partial charge in [0.05, 0.1) is 10.7 Å². The van der Waals surface area contributed by atoms with Gasteiger partial charge in [-0.15, -0.1) is 11.8 Å². The Morgan fingerprint density at radius 1 is 1.41 bits per heavy atom. The third kappa shape index (κ3) is 3.37. The fraction of sp³-hybridized carbons (Fsp3) is 0.231. The van der Waals surface area contributed by atoms with E-state index >= 15 is 0 Å². The number of halogens is 1. The molecule has 2 aromatic rings. The molecule has 0 aliphatic rings. The maximum atomic E-state index is 9.98. The largest absolute Gasteiger partial charge is 0.465 e. The van der Waals surface area contributed by atoms with E-state index in [1.165, 1.54) is 5.56 Å². The summed E-state index contributed by atoms with van der Waals surface area (Å²) in [6.45, 7) is 2.06. The van der Waals surface area contributed by atoms with Crippen LogP contribution in [-0.4, -0.2) is 10.9 Å². The summed E-state index contributed by atoms with van der Waals surface area (Å²) in [6.07, 6.45) is 0.977. The average molecular weight is 313 g/mol. The van der Waals surface area contributed by atoms with Gasteiger partial charge < -0.3 is 9.52 Å². The number of rotatable bonds is 4. The smallest absolute Gasteiger partial charge is 0.147 e. The van der Waals surface area contributed by atoms with Gasteiger partial charge in [0.25, 0.3) is 0 Å². The molecule has 1 unspecified atom stereocenters. The van der Waals surface area contributed by atoms with Crippen molar-refractivity contribution in [2.45, 2.75) is 17.9 Å². The van der Waals surface area contributed by atoms with Gasteiger partial charge in [0.2, 0.25) is 0 Å². The van der Waals surface area contributed by atoms with Crippen molar-refractivity contribution in [1.29, 1.82) is 0 Å². The first-order chi connectivity index (χ1) is 8.16. The summed E-state index contributed by atoms with van der Waals surface area (Å²) >= 11 is 4.96. The van der Waals surface area contributed by atoms with Crippen LogP contribution in [0, 0.1) is 6.92 Å². The molecule has 2 nitrogen and oxygen atoms in total. The molecule has 0 fully saturated rings. The van der Waals surface area contributed by atoms with Crippen LogP contribution >= 0.6 is 27.7 Å². The third-order valence-electron chi connectivity index (χ3n) is 2.34. The van der Waals surface area contributed by atoms with Gasteiger partial charge in [-0.2, -0.15) is 0 Å². The maximum Gasteiger partial charge on any atom is 0.147 e. The van der Waals surface area contributed by atoms with E-state index in [0.717, 1.165) is 9.37 Å². The second-order valence-electron chi connectivity index (χ2n) is 3.78. The van der Waals surface area contributed by atoms with Gasteiger partial charge in [0, 0.05) is 10.6 Å². The topological polar surface area (TPSA) is 33.4 Å². The van der Waals surface area contributed by atoms with Crippen LogP contribution in [0.4, 0.5) is 0 Å². The van der Waals surface area contributed by atoms with Crippen LogP contribution in [0.2, 0.25) is 0 Å². The molecule has 1 atom stereocenters. The number of aliphatic hydroxyl groups is 1. The molecule has 0 amide bonds. The number of hydrogen-bond donors (Lipinski definition) is 1. The second-order valence-corrected chi connectivity index (χ2v) is 5.72. The number of benzene rings is 1. The fourth-order valence-electron chi connectivity index (χ4n) is 1.50. The van der Waals surface area contributed by atoms with E-state index < -0.39 is 6.10 Å². The van der Waals surface area contributed by atoms with E-state index in [1.807, 2.05) is 12.1 Å². The van der Waals surface area contributed by atoms with Crippen molar-refractivity contribution < 1.29 is 9.52 Å². The molecular weight excluding hydrogens is 300 g/mol. The Labute approximate surface area is 113 Å². The van der Waals surface area contributed by atoms with Crippen LogP contribution in [0.5, 0.6) is 0 Å². The van der Waals surface area contributed by atoms with Gasteiger partial charge in [-0.25, -0.2) is 0 Å². The van der Waals surface area contributed by atoms with E-state index in [2.05, 4.69) is 35.0 Å². The molecule has 0 aliphatic heterocycles. The lowest BCUT2D eigenvalue weighted by atomic mass is 10.2. The molecule has 90 valence electrons. The summed E-state index contributed by atoms with van der Waals surface area (Å²) in [5, 5.41) is 9.98. The maximum absolute atomic E-state index is 9.98. The second kappa shape index (κ2) is 5.76. The first-order valence-electron chi connectivity index (χ1n) is 5.27. The van der Waals surface area contributed by atoms with E-state index in [4.69, 9.17) is 4.42 Å². The molecule has 4 heteroatoms. The highest BCUT2D eigenvalue weighted by Gasteiger charge is 2.15. The Balaban J connectivity index is 1.97. The third-order valence-corrected chi connectivity index (χ3v) is 4.07. The molecule has 1 aromatic carbocycles. The monoisotopic (exact) mass is 312 g/mol. The van der Waals surface area contributed by atoms with Gasteiger partial charge in [-0.1, -0.05) is 17.7 Å². The lowest BCUT2D eigenvalue weighted by molar-refractivity contribution is 0.173. The minimum absolute atomic E-state index is 0.579. The average Bonchev–Trinajstić information content (AvgIpc) is 2.72. The standard InChI is InChI=1S/C13H13BrO2S/c1-9-3-2-4-10(7-9)17-8-12(15)13-11(14)5-6-16-13/h2-7,12,15H,8H2,1H3. The molecule has 0 saturated heterocycles. The molecule has 0 saturated carbocycles. The highest BCUT2D eigenvalue weighted by molar-refractivity contribution is 9.10. The van der Waals surface area contributed by atoms with Crippen molar-refractivity contribution in [2.24, 2.45) is 0 Å². The quantitative estimate of drug-likeness (QED) is 0.860. The summed E-state index contributed by atoms with van der Waals surface area (Å²) < 4.78 is 6.04. The Morgan fingerprint density at radius 3 is 2.88 bits per heavy atom. The van der Waals surface area contributed by atoms with Crippen LogP contribution in [0.1, 0.15) is 17.4 Å². The highest BCUT2D eigenvalue weighted by Crippen LogP contribution is 2.29. The minimum Gasteiger partial charge on any atom is -0.465 e. The lowest BCUT2D eigenvalue weighted by Gasteiger charge is -2.08. The van der Waals surface area contributed by atoms with Crippen molar-refractivity contribution >= 4 is 27.7 Å². The van der Waals surface area contributed by atoms with Gasteiger partial charge in [0.15, 0.2) is 0 Å². The molecule has 0 bridgehead atoms. The molecule has 0 radical (unpaired) electrons. The Hall–Kier alpha value is -0.710. The number of hydrogen-bond acceptors (Lipinski definition) is 3. The lowest BCUT2D eigenvalue weighted by Crippen LogP contribution is -1.99. The predicted molar refractivity (Wildman–Crippen MR) is 73.3 cm³/mol. The molecular formula is C13H13BrO2S. The fourth-order valence-corrected chi connectivity index (χ4v) is 2.91. The van der Waals surface area contributed by atoms with E-state index in [-0.39, 0.29) is 0 Å². The zero-order valence-electron chi connectivity index (χ0n) is 9.39. The number of furan rings is 1. The van der Waals surface area contributed by atoms with Crippen molar-refractivity contribution in [3.05, 3.63) is 52.4 Å². The summed E-state index contributed by atoms with van der Waals surface area (Å²) in [5.41, 5.74) is 1.23. The number of aliphatic hydroxyl groups excluding tert-OH is 1. The van der Waals surface area contributed by atoms with Crippen molar-refractivity contribution in [2.75, 3.05) is 5.75 Å². The van der Waals surface area contributed by atoms with Crippen molar-refractivity contribution in [1.82, 2.24) is 0 Å². The summed E-state index contributed by atoms with van der Waals surface area (Å²) in [5.74, 6) is 1.17. The van der Waals surface area contributed by atoms with E-state index in [1.54, 1.807) is 24.1 Å². The molecule has 2 rings (SSSR count). The van der Waals surface area contributed by atoms with E-state index in [9.17, 15) is 5.11 Å². The zero-order chi connectivity index (χ0) is 12.3. The first kappa shape index (κ1) is 12.7. The number of thioether (sulfide) groups is 1. The minimum atomic E-state index is -0.593. The first-order valence-corrected chi connectivity index (χ1v) is 7.05. The SMILES string of the molecule is Cc1cccc(SCC(O)c2occc2Br)c1. The molecule has 0 spiro atoms. The van der Waals surface area contributed by atoms with Gasteiger partial charge in [0.1, 0.15) is 11.9 Å². The molecule has 1 heterocycles. The van der Waals surface area contributed by atoms with Gasteiger partial charge >= 0.3 is 0 Å². The molecule has 1 N–H and O–H groups in total. The van der Waals surface area contributed by atoms with Crippen LogP contribution in [0.3, 0.4) is 0 Å². The van der Waals surface area contributed by atoms with Crippen LogP contribution in [0.25, 0.3) is 0 Å². The van der Waals surface area contributed by atoms with E-state index in [0.29, 0.717) is 11.5 Å². The summed E-state index contributed by atoms with van der Waals surface area (Å²) in [4.78, 5) is 1.16. The van der Waals surface area contributed by atoms with Crippen molar-refractivity contribution in [3.8, 4) is 0 Å². The van der Waals surface area contributed by atoms with Crippen LogP contribution < -0.4 is 0 Å². The Morgan fingerprint density at radius 2 is 2.24 bits per heavy atom. The van der Waals surface area contributed by atoms with Gasteiger partial charge in [-0.05, 0) is 41.1 Å². The zero-order valence-corrected chi connectivity index (χ0v) is 11.8. The Kier molecular flexibility index (Phi) is 4.31. The molecule has 1 aromatic heterocycles. The predicted octanol–water partition coefficient (Wildman–Crippen LogP) is 4.18. The normalized spacial score (nSPS) is 12.6. The highest BCUT2D eigenvalue weighted by atomic mass is 79.9. The van der Waals surface area contributed by atoms with Crippen LogP contribution in [-0.2, 0) is 0 Å². The van der Waals surface area contributed by atoms with Crippen molar-refractivity contribution in [3.63, 3.8) is 0 Å². The number of aryl methyl sites for hydroxylation is 1. The Bertz CT molecular complexity index is 496. The van der Waals surface area contributed by atoms with Crippen LogP contribution in [0.15, 0.2) is 50.4 Å². The summed E-state index contributed by atoms with van der Waals surface area (Å²) in [7, 11) is 0. The molecule has 17 heavy (non-hydrogen) atoms. The summed E-state index contributed by atoms with van der Waals surface area (Å²) in [6, 6.07) is 10.0. The molecule has 0 aliphatic carbocycles. The van der Waals surface area contributed by atoms with Gasteiger partial charge in [-0.3, -0.25) is 0 Å².